The van der Waals surface area contributed by atoms with Gasteiger partial charge in [0.05, 0.1) is 0 Å². The average Bonchev–Trinajstić information content (AvgIpc) is 3.10. The summed E-state index contributed by atoms with van der Waals surface area (Å²) >= 11 is 0. The highest BCUT2D eigenvalue weighted by atomic mass is 14.2. The molecule has 204 valence electrons. The van der Waals surface area contributed by atoms with Crippen LogP contribution in [0.15, 0.2) is 170 Å². The number of fused-ring (bicyclic) bond motifs is 6. The Hall–Kier alpha value is -5.72. The zero-order valence-corrected chi connectivity index (χ0v) is 24.2. The number of hydrogen-bond acceptors (Lipinski definition) is 0. The molecule has 0 fully saturated rings. The SMILES string of the molecule is c1ccc(-c2c3ccccc3c(-c3cc4ccccc4c4ccccc34)c3ccccc23)c(-c2cccc3ccccc23)c1. The van der Waals surface area contributed by atoms with E-state index in [1.54, 1.807) is 0 Å². The van der Waals surface area contributed by atoms with Gasteiger partial charge in [-0.2, -0.15) is 0 Å². The number of rotatable bonds is 3. The van der Waals surface area contributed by atoms with E-state index in [2.05, 4.69) is 170 Å². The molecule has 0 saturated carbocycles. The molecule has 0 nitrogen and oxygen atoms in total. The van der Waals surface area contributed by atoms with E-state index in [9.17, 15) is 0 Å². The van der Waals surface area contributed by atoms with Crippen molar-refractivity contribution in [1.29, 1.82) is 0 Å². The largest absolute Gasteiger partial charge is 0.0616 e. The Kier molecular flexibility index (Phi) is 5.61. The first-order valence-corrected chi connectivity index (χ1v) is 15.3. The second kappa shape index (κ2) is 9.93. The summed E-state index contributed by atoms with van der Waals surface area (Å²) in [5, 5.41) is 12.7. The predicted octanol–water partition coefficient (Wildman–Crippen LogP) is 12.5. The highest BCUT2D eigenvalue weighted by Gasteiger charge is 2.20. The molecule has 0 atom stereocenters. The van der Waals surface area contributed by atoms with Crippen molar-refractivity contribution < 1.29 is 0 Å². The standard InChI is InChI=1S/C44H28/c1-3-17-31-29(14-1)16-13-27-34(31)35-20-7-8-22-37(35)43-38-23-9-11-25-40(38)44(41-26-12-10-24-39(41)43)42-28-30-15-2-4-18-32(30)33-19-5-6-21-36(33)42/h1-28H. The molecule has 0 spiro atoms. The van der Waals surface area contributed by atoms with Crippen LogP contribution in [0.3, 0.4) is 0 Å². The maximum Gasteiger partial charge on any atom is -0.00199 e. The molecule has 0 radical (unpaired) electrons. The fourth-order valence-electron chi connectivity index (χ4n) is 7.37. The summed E-state index contributed by atoms with van der Waals surface area (Å²) in [6.07, 6.45) is 0. The third kappa shape index (κ3) is 3.71. The molecule has 9 rings (SSSR count). The number of benzene rings is 9. The summed E-state index contributed by atoms with van der Waals surface area (Å²) in [4.78, 5) is 0. The van der Waals surface area contributed by atoms with Crippen LogP contribution >= 0.6 is 0 Å². The Morgan fingerprint density at radius 1 is 0.205 bits per heavy atom. The van der Waals surface area contributed by atoms with Crippen LogP contribution in [0.4, 0.5) is 0 Å². The Morgan fingerprint density at radius 3 is 1.27 bits per heavy atom. The number of hydrogen-bond donors (Lipinski definition) is 0. The van der Waals surface area contributed by atoms with Gasteiger partial charge in [-0.15, -0.1) is 0 Å². The van der Waals surface area contributed by atoms with Crippen molar-refractivity contribution in [2.45, 2.75) is 0 Å². The van der Waals surface area contributed by atoms with E-state index < -0.39 is 0 Å². The first-order chi connectivity index (χ1) is 21.9. The zero-order valence-electron chi connectivity index (χ0n) is 24.2. The minimum atomic E-state index is 1.25. The fraction of sp³-hybridized carbons (Fsp3) is 0. The van der Waals surface area contributed by atoms with Crippen LogP contribution in [-0.4, -0.2) is 0 Å². The van der Waals surface area contributed by atoms with Gasteiger partial charge < -0.3 is 0 Å². The van der Waals surface area contributed by atoms with Gasteiger partial charge in [0, 0.05) is 0 Å². The van der Waals surface area contributed by atoms with Crippen molar-refractivity contribution in [2.75, 3.05) is 0 Å². The van der Waals surface area contributed by atoms with Crippen molar-refractivity contribution in [1.82, 2.24) is 0 Å². The highest BCUT2D eigenvalue weighted by Crippen LogP contribution is 2.48. The molecule has 0 N–H and O–H groups in total. The molecule has 0 amide bonds. The van der Waals surface area contributed by atoms with Crippen molar-refractivity contribution >= 4 is 53.9 Å². The third-order valence-electron chi connectivity index (χ3n) is 9.25. The Morgan fingerprint density at radius 2 is 0.614 bits per heavy atom. The molecule has 0 unspecified atom stereocenters. The van der Waals surface area contributed by atoms with E-state index in [-0.39, 0.29) is 0 Å². The van der Waals surface area contributed by atoms with Crippen LogP contribution in [0.5, 0.6) is 0 Å². The minimum absolute atomic E-state index is 1.25. The minimum Gasteiger partial charge on any atom is -0.0616 e. The Labute approximate surface area is 256 Å². The molecule has 0 heteroatoms. The molecule has 44 heavy (non-hydrogen) atoms. The van der Waals surface area contributed by atoms with Gasteiger partial charge in [0.1, 0.15) is 0 Å². The van der Waals surface area contributed by atoms with E-state index in [1.807, 2.05) is 0 Å². The third-order valence-corrected chi connectivity index (χ3v) is 9.25. The molecule has 9 aromatic carbocycles. The summed E-state index contributed by atoms with van der Waals surface area (Å²) in [6, 6.07) is 62.3. The quantitative estimate of drug-likeness (QED) is 0.150. The monoisotopic (exact) mass is 556 g/mol. The maximum atomic E-state index is 2.40. The van der Waals surface area contributed by atoms with Crippen LogP contribution in [-0.2, 0) is 0 Å². The molecular formula is C44H28. The smallest absolute Gasteiger partial charge is 0.00199 e. The lowest BCUT2D eigenvalue weighted by Crippen LogP contribution is -1.94. The van der Waals surface area contributed by atoms with E-state index in [4.69, 9.17) is 0 Å². The van der Waals surface area contributed by atoms with Crippen LogP contribution in [0.2, 0.25) is 0 Å². The molecule has 0 heterocycles. The van der Waals surface area contributed by atoms with Gasteiger partial charge in [0.25, 0.3) is 0 Å². The van der Waals surface area contributed by atoms with Gasteiger partial charge in [-0.1, -0.05) is 164 Å². The second-order valence-corrected chi connectivity index (χ2v) is 11.6. The topological polar surface area (TPSA) is 0 Å². The lowest BCUT2D eigenvalue weighted by atomic mass is 9.82. The first-order valence-electron chi connectivity index (χ1n) is 15.3. The van der Waals surface area contributed by atoms with E-state index in [1.165, 1.54) is 87.2 Å². The first kappa shape index (κ1) is 24.8. The molecule has 0 aromatic heterocycles. The van der Waals surface area contributed by atoms with E-state index in [0.717, 1.165) is 0 Å². The normalized spacial score (nSPS) is 11.6. The molecule has 9 aromatic rings. The van der Waals surface area contributed by atoms with E-state index in [0.29, 0.717) is 0 Å². The van der Waals surface area contributed by atoms with Gasteiger partial charge in [-0.05, 0) is 93.3 Å². The summed E-state index contributed by atoms with van der Waals surface area (Å²) < 4.78 is 0. The van der Waals surface area contributed by atoms with Gasteiger partial charge in [0.15, 0.2) is 0 Å². The lowest BCUT2D eigenvalue weighted by Gasteiger charge is -2.21. The summed E-state index contributed by atoms with van der Waals surface area (Å²) in [6.45, 7) is 0. The molecule has 0 aliphatic carbocycles. The predicted molar refractivity (Wildman–Crippen MR) is 190 cm³/mol. The fourth-order valence-corrected chi connectivity index (χ4v) is 7.37. The van der Waals surface area contributed by atoms with Crippen molar-refractivity contribution in [3.8, 4) is 33.4 Å². The van der Waals surface area contributed by atoms with Gasteiger partial charge in [-0.3, -0.25) is 0 Å². The second-order valence-electron chi connectivity index (χ2n) is 11.6. The molecule has 0 saturated heterocycles. The Bertz CT molecular complexity index is 2490. The average molecular weight is 557 g/mol. The molecule has 0 aliphatic rings. The zero-order chi connectivity index (χ0) is 29.0. The van der Waals surface area contributed by atoms with Crippen molar-refractivity contribution in [2.24, 2.45) is 0 Å². The summed E-state index contributed by atoms with van der Waals surface area (Å²) in [7, 11) is 0. The van der Waals surface area contributed by atoms with E-state index >= 15 is 0 Å². The summed E-state index contributed by atoms with van der Waals surface area (Å²) in [5.41, 5.74) is 7.63. The van der Waals surface area contributed by atoms with Crippen LogP contribution in [0.25, 0.3) is 87.2 Å². The Balaban J connectivity index is 1.43. The molecule has 0 aliphatic heterocycles. The van der Waals surface area contributed by atoms with Crippen molar-refractivity contribution in [3.63, 3.8) is 0 Å². The highest BCUT2D eigenvalue weighted by molar-refractivity contribution is 6.26. The molecule has 0 bridgehead atoms. The van der Waals surface area contributed by atoms with Gasteiger partial charge >= 0.3 is 0 Å². The van der Waals surface area contributed by atoms with Gasteiger partial charge in [0.2, 0.25) is 0 Å². The van der Waals surface area contributed by atoms with Crippen LogP contribution in [0.1, 0.15) is 0 Å². The molecular weight excluding hydrogens is 528 g/mol. The van der Waals surface area contributed by atoms with Crippen LogP contribution in [0, 0.1) is 0 Å². The van der Waals surface area contributed by atoms with Crippen LogP contribution < -0.4 is 0 Å². The van der Waals surface area contributed by atoms with Crippen molar-refractivity contribution in [3.05, 3.63) is 170 Å². The lowest BCUT2D eigenvalue weighted by molar-refractivity contribution is 1.63. The van der Waals surface area contributed by atoms with Gasteiger partial charge in [-0.25, -0.2) is 0 Å². The maximum absolute atomic E-state index is 2.40. The summed E-state index contributed by atoms with van der Waals surface area (Å²) in [5.74, 6) is 0.